The molecule has 0 aliphatic carbocycles. The molecule has 0 saturated carbocycles. The Bertz CT molecular complexity index is 704. The van der Waals surface area contributed by atoms with E-state index in [9.17, 15) is 9.59 Å². The molecule has 0 aliphatic heterocycles. The first-order valence-corrected chi connectivity index (χ1v) is 8.23. The summed E-state index contributed by atoms with van der Waals surface area (Å²) in [5.74, 6) is -0.518. The molecule has 0 radical (unpaired) electrons. The fourth-order valence-corrected chi connectivity index (χ4v) is 2.33. The van der Waals surface area contributed by atoms with Crippen molar-refractivity contribution in [3.05, 3.63) is 65.5 Å². The normalized spacial score (nSPS) is 10.3. The van der Waals surface area contributed by atoms with E-state index in [1.54, 1.807) is 30.2 Å². The number of nitrogens with zero attached hydrogens (tertiary/aromatic N) is 2. The molecule has 6 nitrogen and oxygen atoms in total. The summed E-state index contributed by atoms with van der Waals surface area (Å²) >= 11 is 0. The first-order chi connectivity index (χ1) is 12.2. The highest BCUT2D eigenvalue weighted by atomic mass is 16.5. The number of hydrogen-bond donors (Lipinski definition) is 1. The molecule has 2 amide bonds. The van der Waals surface area contributed by atoms with Crippen molar-refractivity contribution in [3.63, 3.8) is 0 Å². The van der Waals surface area contributed by atoms with Crippen molar-refractivity contribution in [2.45, 2.75) is 13.5 Å². The fraction of sp³-hybridized carbons (Fsp3) is 0.316. The van der Waals surface area contributed by atoms with Crippen LogP contribution in [0.3, 0.4) is 0 Å². The summed E-state index contributed by atoms with van der Waals surface area (Å²) in [6.07, 6.45) is 0. The smallest absolute Gasteiger partial charge is 0.272 e. The van der Waals surface area contributed by atoms with Gasteiger partial charge in [-0.25, -0.2) is 4.98 Å². The number of hydrogen-bond acceptors (Lipinski definition) is 4. The molecule has 0 saturated heterocycles. The summed E-state index contributed by atoms with van der Waals surface area (Å²) in [6, 6.07) is 14.7. The van der Waals surface area contributed by atoms with E-state index in [0.717, 1.165) is 5.56 Å². The van der Waals surface area contributed by atoms with Gasteiger partial charge in [0, 0.05) is 26.7 Å². The number of benzene rings is 1. The molecule has 0 atom stereocenters. The topological polar surface area (TPSA) is 71.5 Å². The molecule has 132 valence electrons. The van der Waals surface area contributed by atoms with E-state index >= 15 is 0 Å². The molecule has 0 spiro atoms. The van der Waals surface area contributed by atoms with E-state index in [1.165, 1.54) is 0 Å². The summed E-state index contributed by atoms with van der Waals surface area (Å²) in [6.45, 7) is 3.79. The Labute approximate surface area is 147 Å². The van der Waals surface area contributed by atoms with Gasteiger partial charge in [-0.2, -0.15) is 0 Å². The molecule has 0 bridgehead atoms. The Morgan fingerprint density at radius 2 is 1.80 bits per heavy atom. The molecular weight excluding hydrogens is 318 g/mol. The number of ether oxygens (including phenoxy) is 1. The lowest BCUT2D eigenvalue weighted by Gasteiger charge is -2.20. The summed E-state index contributed by atoms with van der Waals surface area (Å²) in [5, 5.41) is 2.70. The van der Waals surface area contributed by atoms with Crippen LogP contribution in [0.15, 0.2) is 48.5 Å². The zero-order valence-corrected chi connectivity index (χ0v) is 14.6. The number of carbonyl (C=O) groups excluding carboxylic acids is 2. The Morgan fingerprint density at radius 1 is 1.08 bits per heavy atom. The molecule has 2 aromatic rings. The number of amides is 2. The highest BCUT2D eigenvalue weighted by Gasteiger charge is 2.17. The molecule has 1 N–H and O–H groups in total. The Hall–Kier alpha value is -2.73. The van der Waals surface area contributed by atoms with Crippen LogP contribution in [0.1, 0.15) is 33.5 Å². The highest BCUT2D eigenvalue weighted by molar-refractivity contribution is 5.96. The monoisotopic (exact) mass is 341 g/mol. The molecule has 0 unspecified atom stereocenters. The van der Waals surface area contributed by atoms with Crippen molar-refractivity contribution in [2.75, 3.05) is 26.8 Å². The lowest BCUT2D eigenvalue weighted by Crippen LogP contribution is -2.32. The van der Waals surface area contributed by atoms with Crippen molar-refractivity contribution in [2.24, 2.45) is 0 Å². The van der Waals surface area contributed by atoms with Crippen molar-refractivity contribution in [1.29, 1.82) is 0 Å². The van der Waals surface area contributed by atoms with Crippen LogP contribution in [-0.4, -0.2) is 48.5 Å². The fourth-order valence-electron chi connectivity index (χ4n) is 2.33. The minimum absolute atomic E-state index is 0.196. The van der Waals surface area contributed by atoms with Crippen LogP contribution in [0.5, 0.6) is 0 Å². The highest BCUT2D eigenvalue weighted by Crippen LogP contribution is 2.09. The van der Waals surface area contributed by atoms with Gasteiger partial charge in [0.05, 0.1) is 6.61 Å². The molecule has 2 rings (SSSR count). The van der Waals surface area contributed by atoms with Gasteiger partial charge in [0.1, 0.15) is 11.4 Å². The quantitative estimate of drug-likeness (QED) is 0.747. The lowest BCUT2D eigenvalue weighted by molar-refractivity contribution is 0.0746. The average Bonchev–Trinajstić information content (AvgIpc) is 2.66. The minimum Gasteiger partial charge on any atom is -0.383 e. The zero-order chi connectivity index (χ0) is 18.1. The summed E-state index contributed by atoms with van der Waals surface area (Å²) in [7, 11) is 1.57. The van der Waals surface area contributed by atoms with Gasteiger partial charge in [-0.05, 0) is 24.6 Å². The number of carbonyl (C=O) groups is 2. The summed E-state index contributed by atoms with van der Waals surface area (Å²) < 4.78 is 4.90. The Kier molecular flexibility index (Phi) is 7.10. The third kappa shape index (κ3) is 5.39. The van der Waals surface area contributed by atoms with Crippen LogP contribution >= 0.6 is 0 Å². The predicted octanol–water partition coefficient (Wildman–Crippen LogP) is 2.12. The van der Waals surface area contributed by atoms with Crippen LogP contribution in [0.2, 0.25) is 0 Å². The van der Waals surface area contributed by atoms with Crippen molar-refractivity contribution < 1.29 is 14.3 Å². The largest absolute Gasteiger partial charge is 0.383 e. The lowest BCUT2D eigenvalue weighted by atomic mass is 10.2. The van der Waals surface area contributed by atoms with Crippen molar-refractivity contribution >= 4 is 11.8 Å². The second-order valence-electron chi connectivity index (χ2n) is 5.46. The van der Waals surface area contributed by atoms with Gasteiger partial charge in [-0.15, -0.1) is 0 Å². The third-order valence-electron chi connectivity index (χ3n) is 3.68. The summed E-state index contributed by atoms with van der Waals surface area (Å²) in [4.78, 5) is 30.7. The summed E-state index contributed by atoms with van der Waals surface area (Å²) in [5.41, 5.74) is 1.53. The maximum Gasteiger partial charge on any atom is 0.272 e. The number of aromatic nitrogens is 1. The maximum absolute atomic E-state index is 12.7. The molecule has 0 aliphatic rings. The second-order valence-corrected chi connectivity index (χ2v) is 5.46. The number of pyridine rings is 1. The van der Waals surface area contributed by atoms with Gasteiger partial charge < -0.3 is 15.0 Å². The van der Waals surface area contributed by atoms with Gasteiger partial charge in [0.15, 0.2) is 0 Å². The Morgan fingerprint density at radius 3 is 2.48 bits per heavy atom. The van der Waals surface area contributed by atoms with E-state index < -0.39 is 0 Å². The van der Waals surface area contributed by atoms with Crippen LogP contribution < -0.4 is 5.32 Å². The molecule has 6 heteroatoms. The van der Waals surface area contributed by atoms with Crippen molar-refractivity contribution in [1.82, 2.24) is 15.2 Å². The molecule has 1 heterocycles. The SMILES string of the molecule is CCN(Cc1ccccc1)C(=O)c1cccc(C(=O)NCCOC)n1. The molecular formula is C19H23N3O3. The van der Waals surface area contributed by atoms with Crippen LogP contribution in [0.4, 0.5) is 0 Å². The molecule has 25 heavy (non-hydrogen) atoms. The second kappa shape index (κ2) is 9.54. The van der Waals surface area contributed by atoms with E-state index in [0.29, 0.717) is 26.2 Å². The van der Waals surface area contributed by atoms with E-state index in [1.807, 2.05) is 37.3 Å². The van der Waals surface area contributed by atoms with Gasteiger partial charge in [-0.1, -0.05) is 36.4 Å². The van der Waals surface area contributed by atoms with E-state index in [4.69, 9.17) is 4.74 Å². The number of nitrogens with one attached hydrogen (secondary N) is 1. The maximum atomic E-state index is 12.7. The molecule has 0 fully saturated rings. The molecule has 1 aromatic carbocycles. The number of methoxy groups -OCH3 is 1. The predicted molar refractivity (Wildman–Crippen MR) is 95.3 cm³/mol. The van der Waals surface area contributed by atoms with Crippen LogP contribution in [0.25, 0.3) is 0 Å². The van der Waals surface area contributed by atoms with Gasteiger partial charge >= 0.3 is 0 Å². The first kappa shape index (κ1) is 18.6. The molecule has 1 aromatic heterocycles. The minimum atomic E-state index is -0.321. The zero-order valence-electron chi connectivity index (χ0n) is 14.6. The van der Waals surface area contributed by atoms with Crippen LogP contribution in [-0.2, 0) is 11.3 Å². The van der Waals surface area contributed by atoms with Crippen LogP contribution in [0, 0.1) is 0 Å². The van der Waals surface area contributed by atoms with E-state index in [2.05, 4.69) is 10.3 Å². The average molecular weight is 341 g/mol. The van der Waals surface area contributed by atoms with Crippen molar-refractivity contribution in [3.8, 4) is 0 Å². The van der Waals surface area contributed by atoms with Gasteiger partial charge in [0.2, 0.25) is 0 Å². The number of rotatable bonds is 8. The Balaban J connectivity index is 2.09. The standard InChI is InChI=1S/C19H23N3O3/c1-3-22(14-15-8-5-4-6-9-15)19(24)17-11-7-10-16(21-17)18(23)20-12-13-25-2/h4-11H,3,12-14H2,1-2H3,(H,20,23). The first-order valence-electron chi connectivity index (χ1n) is 8.23. The third-order valence-corrected chi connectivity index (χ3v) is 3.68. The van der Waals surface area contributed by atoms with Gasteiger partial charge in [0.25, 0.3) is 11.8 Å². The van der Waals surface area contributed by atoms with Gasteiger partial charge in [-0.3, -0.25) is 9.59 Å². The van der Waals surface area contributed by atoms with E-state index in [-0.39, 0.29) is 23.2 Å².